The summed E-state index contributed by atoms with van der Waals surface area (Å²) in [5.74, 6) is 0.205. The topological polar surface area (TPSA) is 126 Å². The van der Waals surface area contributed by atoms with Gasteiger partial charge in [-0.3, -0.25) is 4.79 Å². The Balaban J connectivity index is 1.98. The second-order valence-electron chi connectivity index (χ2n) is 11.3. The van der Waals surface area contributed by atoms with E-state index in [0.29, 0.717) is 23.6 Å². The van der Waals surface area contributed by atoms with Gasteiger partial charge in [-0.2, -0.15) is 4.31 Å². The fourth-order valence-corrected chi connectivity index (χ4v) is 6.47. The summed E-state index contributed by atoms with van der Waals surface area (Å²) in [6, 6.07) is 5.08. The van der Waals surface area contributed by atoms with Crippen molar-refractivity contribution in [2.24, 2.45) is 5.92 Å². The molecule has 0 saturated carbocycles. The highest BCUT2D eigenvalue weighted by Crippen LogP contribution is 2.30. The maximum Gasteiger partial charge on any atom is 0.258 e. The molecule has 41 heavy (non-hydrogen) atoms. The van der Waals surface area contributed by atoms with Crippen molar-refractivity contribution in [3.63, 3.8) is 0 Å². The third-order valence-corrected chi connectivity index (χ3v) is 9.69. The van der Waals surface area contributed by atoms with Crippen LogP contribution in [0.25, 0.3) is 0 Å². The Bertz CT molecular complexity index is 1260. The Morgan fingerprint density at radius 2 is 1.88 bits per heavy atom. The number of sulfonamides is 1. The lowest BCUT2D eigenvalue weighted by Crippen LogP contribution is -2.48. The van der Waals surface area contributed by atoms with Crippen molar-refractivity contribution >= 4 is 21.6 Å². The minimum atomic E-state index is -3.89. The van der Waals surface area contributed by atoms with Gasteiger partial charge in [-0.05, 0) is 65.2 Å². The van der Waals surface area contributed by atoms with Gasteiger partial charge < -0.3 is 28.9 Å². The van der Waals surface area contributed by atoms with E-state index < -0.39 is 22.2 Å². The van der Waals surface area contributed by atoms with Crippen molar-refractivity contribution in [1.82, 2.24) is 14.4 Å². The number of aliphatic hydroxyl groups is 1. The van der Waals surface area contributed by atoms with E-state index in [1.807, 2.05) is 51.0 Å². The van der Waals surface area contributed by atoms with Crippen LogP contribution in [0.1, 0.15) is 61.8 Å². The second kappa shape index (κ2) is 14.0. The van der Waals surface area contributed by atoms with Crippen molar-refractivity contribution in [3.8, 4) is 5.75 Å². The molecule has 0 aliphatic carbocycles. The molecule has 1 aromatic carbocycles. The molecule has 1 N–H and O–H groups in total. The summed E-state index contributed by atoms with van der Waals surface area (Å²) < 4.78 is 45.8. The molecule has 12 heteroatoms. The van der Waals surface area contributed by atoms with Gasteiger partial charge in [-0.15, -0.1) is 0 Å². The number of amides is 1. The molecule has 2 heterocycles. The van der Waals surface area contributed by atoms with Gasteiger partial charge in [0.25, 0.3) is 5.91 Å². The number of carbonyl (C=O) groups excluding carboxylic acids is 1. The Morgan fingerprint density at radius 3 is 2.49 bits per heavy atom. The molecule has 1 aliphatic rings. The van der Waals surface area contributed by atoms with Crippen LogP contribution in [0.5, 0.6) is 5.75 Å². The standard InChI is InChI=1S/C29H46N4O7S/c1-19-16-33(20(2)18-34)29(35)25-15-24(31(6)7)12-13-26(25)39-21(3)11-9-10-14-38-27(19)17-32(8)41(36,37)28-22(4)30-40-23(28)5/h12-13,15,19-21,27,34H,9-11,14,16-18H2,1-8H3/t19-,20+,21-,27-/m0/s1. The molecule has 3 rings (SSSR count). The highest BCUT2D eigenvalue weighted by atomic mass is 32.2. The largest absolute Gasteiger partial charge is 0.490 e. The van der Waals surface area contributed by atoms with Crippen LogP contribution in [0, 0.1) is 19.8 Å². The molecule has 0 saturated heterocycles. The van der Waals surface area contributed by atoms with Gasteiger partial charge in [0.1, 0.15) is 16.3 Å². The van der Waals surface area contributed by atoms with Crippen LogP contribution in [0.3, 0.4) is 0 Å². The first-order valence-electron chi connectivity index (χ1n) is 14.2. The van der Waals surface area contributed by atoms with E-state index in [1.165, 1.54) is 11.4 Å². The van der Waals surface area contributed by atoms with Crippen LogP contribution >= 0.6 is 0 Å². The van der Waals surface area contributed by atoms with Crippen molar-refractivity contribution in [3.05, 3.63) is 35.2 Å². The number of aromatic nitrogens is 1. The minimum Gasteiger partial charge on any atom is -0.490 e. The SMILES string of the molecule is Cc1noc(C)c1S(=O)(=O)N(C)C[C@@H]1OCCCC[C@H](C)Oc2ccc(N(C)C)cc2C(=O)N([C@H](C)CO)C[C@@H]1C. The van der Waals surface area contributed by atoms with Gasteiger partial charge in [0, 0.05) is 52.4 Å². The molecular formula is C29H46N4O7S. The Hall–Kier alpha value is -2.67. The molecule has 0 spiro atoms. The normalized spacial score (nSPS) is 22.1. The average Bonchev–Trinajstić information content (AvgIpc) is 3.27. The van der Waals surface area contributed by atoms with Gasteiger partial charge in [-0.1, -0.05) is 12.1 Å². The number of benzene rings is 1. The summed E-state index contributed by atoms with van der Waals surface area (Å²) >= 11 is 0. The number of ether oxygens (including phenoxy) is 2. The van der Waals surface area contributed by atoms with E-state index >= 15 is 0 Å². The van der Waals surface area contributed by atoms with E-state index in [1.54, 1.807) is 25.7 Å². The molecule has 1 aromatic heterocycles. The number of anilines is 1. The van der Waals surface area contributed by atoms with Crippen LogP contribution < -0.4 is 9.64 Å². The van der Waals surface area contributed by atoms with Crippen LogP contribution in [-0.4, -0.2) is 99.5 Å². The zero-order chi connectivity index (χ0) is 30.5. The van der Waals surface area contributed by atoms with Crippen LogP contribution in [0.4, 0.5) is 5.69 Å². The third kappa shape index (κ3) is 7.79. The Labute approximate surface area is 244 Å². The molecule has 4 atom stereocenters. The predicted octanol–water partition coefficient (Wildman–Crippen LogP) is 3.47. The summed E-state index contributed by atoms with van der Waals surface area (Å²) in [5.41, 5.74) is 1.57. The van der Waals surface area contributed by atoms with Gasteiger partial charge in [0.2, 0.25) is 10.0 Å². The first-order chi connectivity index (χ1) is 19.3. The monoisotopic (exact) mass is 594 g/mol. The minimum absolute atomic E-state index is 0.0570. The maximum absolute atomic E-state index is 14.1. The fourth-order valence-electron chi connectivity index (χ4n) is 5.00. The van der Waals surface area contributed by atoms with E-state index in [4.69, 9.17) is 14.0 Å². The van der Waals surface area contributed by atoms with Crippen molar-refractivity contribution in [2.45, 2.75) is 77.0 Å². The summed E-state index contributed by atoms with van der Waals surface area (Å²) in [6.07, 6.45) is 1.76. The number of aryl methyl sites for hydroxylation is 2. The number of nitrogens with zero attached hydrogens (tertiary/aromatic N) is 4. The maximum atomic E-state index is 14.1. The zero-order valence-corrected chi connectivity index (χ0v) is 26.4. The molecule has 0 unspecified atom stereocenters. The van der Waals surface area contributed by atoms with E-state index in [-0.39, 0.29) is 48.3 Å². The number of hydrogen-bond donors (Lipinski definition) is 1. The van der Waals surface area contributed by atoms with Gasteiger partial charge in [-0.25, -0.2) is 8.42 Å². The predicted molar refractivity (Wildman–Crippen MR) is 157 cm³/mol. The van der Waals surface area contributed by atoms with Crippen LogP contribution in [0.2, 0.25) is 0 Å². The summed E-state index contributed by atoms with van der Waals surface area (Å²) in [4.78, 5) is 17.7. The molecule has 0 bridgehead atoms. The number of carbonyl (C=O) groups is 1. The lowest BCUT2D eigenvalue weighted by molar-refractivity contribution is -0.00835. The number of aliphatic hydroxyl groups excluding tert-OH is 1. The Kier molecular flexibility index (Phi) is 11.2. The molecular weight excluding hydrogens is 548 g/mol. The van der Waals surface area contributed by atoms with E-state index in [9.17, 15) is 18.3 Å². The number of rotatable bonds is 7. The van der Waals surface area contributed by atoms with E-state index in [0.717, 1.165) is 24.9 Å². The van der Waals surface area contributed by atoms with E-state index in [2.05, 4.69) is 5.16 Å². The van der Waals surface area contributed by atoms with Crippen LogP contribution in [-0.2, 0) is 14.8 Å². The molecule has 1 aliphatic heterocycles. The van der Waals surface area contributed by atoms with Crippen molar-refractivity contribution in [1.29, 1.82) is 0 Å². The third-order valence-electron chi connectivity index (χ3n) is 7.62. The lowest BCUT2D eigenvalue weighted by Gasteiger charge is -2.35. The first kappa shape index (κ1) is 32.8. The Morgan fingerprint density at radius 1 is 1.17 bits per heavy atom. The fraction of sp³-hybridized carbons (Fsp3) is 0.655. The molecule has 1 amide bonds. The van der Waals surface area contributed by atoms with Gasteiger partial charge in [0.05, 0.1) is 30.4 Å². The van der Waals surface area contributed by atoms with Gasteiger partial charge >= 0.3 is 0 Å². The van der Waals surface area contributed by atoms with Crippen LogP contribution in [0.15, 0.2) is 27.6 Å². The number of hydrogen-bond acceptors (Lipinski definition) is 9. The van der Waals surface area contributed by atoms with Crippen molar-refractivity contribution in [2.75, 3.05) is 52.3 Å². The summed E-state index contributed by atoms with van der Waals surface area (Å²) in [6.45, 7) is 9.40. The number of fused-ring (bicyclic) bond motifs is 1. The molecule has 0 radical (unpaired) electrons. The number of likely N-dealkylation sites (N-methyl/N-ethyl adjacent to an activating group) is 1. The zero-order valence-electron chi connectivity index (χ0n) is 25.6. The molecule has 0 fully saturated rings. The highest BCUT2D eigenvalue weighted by Gasteiger charge is 2.34. The molecule has 11 nitrogen and oxygen atoms in total. The summed E-state index contributed by atoms with van der Waals surface area (Å²) in [7, 11) is 1.44. The quantitative estimate of drug-likeness (QED) is 0.513. The lowest BCUT2D eigenvalue weighted by atomic mass is 10.0. The second-order valence-corrected chi connectivity index (χ2v) is 13.3. The smallest absolute Gasteiger partial charge is 0.258 e. The summed E-state index contributed by atoms with van der Waals surface area (Å²) in [5, 5.41) is 13.9. The highest BCUT2D eigenvalue weighted by molar-refractivity contribution is 7.89. The van der Waals surface area contributed by atoms with Gasteiger partial charge in [0.15, 0.2) is 5.76 Å². The molecule has 230 valence electrons. The average molecular weight is 595 g/mol. The first-order valence-corrected chi connectivity index (χ1v) is 15.6. The van der Waals surface area contributed by atoms with Crippen molar-refractivity contribution < 1.29 is 32.3 Å². The molecule has 2 aromatic rings.